The van der Waals surface area contributed by atoms with E-state index in [-0.39, 0.29) is 35.1 Å². The molecule has 37 heavy (non-hydrogen) atoms. The van der Waals surface area contributed by atoms with Crippen molar-refractivity contribution in [1.29, 1.82) is 0 Å². The van der Waals surface area contributed by atoms with Gasteiger partial charge in [0.25, 0.3) is 11.6 Å². The molecule has 0 saturated carbocycles. The fraction of sp³-hybridized carbons (Fsp3) is 0.0385. The lowest BCUT2D eigenvalue weighted by molar-refractivity contribution is 0.102. The Kier molecular flexibility index (Phi) is 6.31. The van der Waals surface area contributed by atoms with Crippen LogP contribution in [0.4, 0.5) is 22.9 Å². The summed E-state index contributed by atoms with van der Waals surface area (Å²) in [6.45, 7) is 7.35. The van der Waals surface area contributed by atoms with Crippen LogP contribution in [0, 0.1) is 6.57 Å². The number of phenols is 1. The number of nitrogens with one attached hydrogen (secondary N) is 1. The van der Waals surface area contributed by atoms with E-state index >= 15 is 0 Å². The van der Waals surface area contributed by atoms with Crippen LogP contribution in [0.3, 0.4) is 0 Å². The number of hydrogen-bond acceptors (Lipinski definition) is 8. The van der Waals surface area contributed by atoms with E-state index in [4.69, 9.17) is 6.57 Å². The van der Waals surface area contributed by atoms with Crippen LogP contribution in [-0.4, -0.2) is 35.9 Å². The van der Waals surface area contributed by atoms with Crippen LogP contribution in [0.25, 0.3) is 21.4 Å². The van der Waals surface area contributed by atoms with E-state index in [1.807, 2.05) is 0 Å². The van der Waals surface area contributed by atoms with Crippen molar-refractivity contribution < 1.29 is 15.0 Å². The molecule has 5 aromatic rings. The Morgan fingerprint density at radius 2 is 1.89 bits per heavy atom. The summed E-state index contributed by atoms with van der Waals surface area (Å²) < 4.78 is 1.32. The second-order valence-corrected chi connectivity index (χ2v) is 7.79. The Bertz CT molecular complexity index is 1670. The monoisotopic (exact) mass is 490 g/mol. The number of carbonyl (C=O) groups excluding carboxylic acids is 1. The summed E-state index contributed by atoms with van der Waals surface area (Å²) in [5.41, 5.74) is 1.37. The maximum absolute atomic E-state index is 13.1. The average Bonchev–Trinajstić information content (AvgIpc) is 3.36. The predicted octanol–water partition coefficient (Wildman–Crippen LogP) is 5.23. The highest BCUT2D eigenvalue weighted by atomic mass is 16.3. The molecule has 2 heterocycles. The van der Waals surface area contributed by atoms with Gasteiger partial charge in [-0.15, -0.1) is 10.2 Å². The minimum atomic E-state index is -0.553. The van der Waals surface area contributed by atoms with Crippen LogP contribution >= 0.6 is 0 Å². The van der Waals surface area contributed by atoms with Gasteiger partial charge in [0.15, 0.2) is 17.4 Å². The normalized spacial score (nSPS) is 11.0. The summed E-state index contributed by atoms with van der Waals surface area (Å²) in [6.07, 6.45) is 5.78. The lowest BCUT2D eigenvalue weighted by Gasteiger charge is -2.11. The van der Waals surface area contributed by atoms with Crippen molar-refractivity contribution >= 4 is 39.6 Å². The molecule has 0 unspecified atom stereocenters. The zero-order chi connectivity index (χ0) is 25.8. The second-order valence-electron chi connectivity index (χ2n) is 7.79. The van der Waals surface area contributed by atoms with Crippen LogP contribution < -0.4 is 5.32 Å². The van der Waals surface area contributed by atoms with E-state index in [1.165, 1.54) is 29.5 Å². The number of benzene rings is 3. The number of hydrogen-bond donors (Lipinski definition) is 3. The number of fused-ring (bicyclic) bond motifs is 1. The van der Waals surface area contributed by atoms with Gasteiger partial charge in [0, 0.05) is 23.5 Å². The molecule has 0 atom stereocenters. The first-order chi connectivity index (χ1) is 18.1. The number of azo groups is 1. The third kappa shape index (κ3) is 4.60. The number of amides is 1. The van der Waals surface area contributed by atoms with Crippen molar-refractivity contribution in [2.75, 3.05) is 5.32 Å². The van der Waals surface area contributed by atoms with Crippen LogP contribution in [0.5, 0.6) is 5.75 Å². The highest BCUT2D eigenvalue weighted by Crippen LogP contribution is 2.40. The van der Waals surface area contributed by atoms with Crippen molar-refractivity contribution in [2.45, 2.75) is 6.61 Å². The maximum Gasteiger partial charge on any atom is 0.259 e. The summed E-state index contributed by atoms with van der Waals surface area (Å²) in [5, 5.41) is 36.9. The van der Waals surface area contributed by atoms with Crippen molar-refractivity contribution in [1.82, 2.24) is 19.7 Å². The van der Waals surface area contributed by atoms with Crippen LogP contribution in [-0.2, 0) is 6.61 Å². The molecule has 3 aromatic carbocycles. The van der Waals surface area contributed by atoms with Crippen molar-refractivity contribution in [3.8, 4) is 11.6 Å². The number of phenolic OH excluding ortho intramolecular Hbond substituents is 1. The van der Waals surface area contributed by atoms with E-state index in [0.717, 1.165) is 0 Å². The van der Waals surface area contributed by atoms with Gasteiger partial charge in [-0.2, -0.15) is 5.10 Å². The highest BCUT2D eigenvalue weighted by molar-refractivity contribution is 6.11. The number of nitrogens with zero attached hydrogens (tertiary/aromatic N) is 7. The first-order valence-electron chi connectivity index (χ1n) is 11.0. The van der Waals surface area contributed by atoms with E-state index in [9.17, 15) is 15.0 Å². The van der Waals surface area contributed by atoms with Gasteiger partial charge >= 0.3 is 0 Å². The largest absolute Gasteiger partial charge is 0.505 e. The second kappa shape index (κ2) is 10.0. The van der Waals surface area contributed by atoms with Gasteiger partial charge in [0.1, 0.15) is 5.69 Å². The molecule has 0 aliphatic rings. The summed E-state index contributed by atoms with van der Waals surface area (Å²) in [7, 11) is 0. The number of anilines is 1. The molecule has 0 fully saturated rings. The van der Waals surface area contributed by atoms with Gasteiger partial charge in [-0.25, -0.2) is 14.5 Å². The topological polar surface area (TPSA) is 142 Å². The Labute approximate surface area is 210 Å². The number of aliphatic hydroxyl groups is 1. The molecule has 11 heteroatoms. The molecule has 0 aliphatic heterocycles. The number of carbonyl (C=O) groups is 1. The predicted molar refractivity (Wildman–Crippen MR) is 136 cm³/mol. The van der Waals surface area contributed by atoms with Crippen LogP contribution in [0.1, 0.15) is 15.9 Å². The molecule has 1 amide bonds. The summed E-state index contributed by atoms with van der Waals surface area (Å²) in [6, 6.07) is 15.4. The zero-order valence-electron chi connectivity index (χ0n) is 19.1. The SMILES string of the molecule is [C-]#[N+]c1cnn(-c2cnccn2)c1/N=N/c1c(O)c(C(=O)Nc2ccc(CO)cc2)cc2ccccc12. The molecule has 180 valence electrons. The molecule has 2 aromatic heterocycles. The van der Waals surface area contributed by atoms with Gasteiger partial charge in [0.05, 0.1) is 31.1 Å². The molecular weight excluding hydrogens is 472 g/mol. The van der Waals surface area contributed by atoms with Crippen molar-refractivity contribution in [2.24, 2.45) is 10.2 Å². The molecule has 0 bridgehead atoms. The first-order valence-corrected chi connectivity index (χ1v) is 11.0. The molecular formula is C26H18N8O3. The summed E-state index contributed by atoms with van der Waals surface area (Å²) in [5.74, 6) is -0.497. The van der Waals surface area contributed by atoms with E-state index < -0.39 is 5.91 Å². The van der Waals surface area contributed by atoms with Gasteiger partial charge in [-0.1, -0.05) is 36.4 Å². The number of aromatic nitrogens is 4. The maximum atomic E-state index is 13.1. The van der Waals surface area contributed by atoms with Crippen molar-refractivity contribution in [3.63, 3.8) is 0 Å². The number of aliphatic hydroxyl groups excluding tert-OH is 1. The smallest absolute Gasteiger partial charge is 0.259 e. The molecule has 0 aliphatic carbocycles. The third-order valence-corrected chi connectivity index (χ3v) is 5.49. The fourth-order valence-electron chi connectivity index (χ4n) is 3.66. The fourth-order valence-corrected chi connectivity index (χ4v) is 3.66. The summed E-state index contributed by atoms with van der Waals surface area (Å²) >= 11 is 0. The molecule has 0 saturated heterocycles. The molecule has 0 radical (unpaired) electrons. The Balaban J connectivity index is 1.58. The lowest BCUT2D eigenvalue weighted by atomic mass is 10.0. The van der Waals surface area contributed by atoms with Gasteiger partial charge in [0.2, 0.25) is 0 Å². The van der Waals surface area contributed by atoms with Gasteiger partial charge in [-0.05, 0) is 29.1 Å². The Hall–Kier alpha value is -5.47. The summed E-state index contributed by atoms with van der Waals surface area (Å²) in [4.78, 5) is 24.7. The van der Waals surface area contributed by atoms with E-state index in [2.05, 4.69) is 35.5 Å². The number of rotatable bonds is 6. The minimum Gasteiger partial charge on any atom is -0.505 e. The quantitative estimate of drug-likeness (QED) is 0.220. The molecule has 0 spiro atoms. The van der Waals surface area contributed by atoms with E-state index in [1.54, 1.807) is 54.6 Å². The molecule has 3 N–H and O–H groups in total. The first kappa shape index (κ1) is 23.3. The molecule has 5 rings (SSSR count). The molecule has 11 nitrogen and oxygen atoms in total. The Morgan fingerprint density at radius 3 is 2.62 bits per heavy atom. The van der Waals surface area contributed by atoms with E-state index in [0.29, 0.717) is 27.8 Å². The highest BCUT2D eigenvalue weighted by Gasteiger charge is 2.20. The standard InChI is InChI=1S/C26H18N8O3/c1-27-21-13-30-34(22-14-28-10-11-29-22)25(21)33-32-23-19-5-3-2-4-17(19)12-20(24(23)36)26(37)31-18-8-6-16(15-35)7-9-18/h2-14,35-36H,15H2,(H,31,37)/b33-32+. The average molecular weight is 490 g/mol. The minimum absolute atomic E-state index is 0.00767. The van der Waals surface area contributed by atoms with Gasteiger partial charge in [-0.3, -0.25) is 9.78 Å². The lowest BCUT2D eigenvalue weighted by Crippen LogP contribution is -2.12. The van der Waals surface area contributed by atoms with Crippen LogP contribution in [0.2, 0.25) is 0 Å². The van der Waals surface area contributed by atoms with Crippen molar-refractivity contribution in [3.05, 3.63) is 102 Å². The van der Waals surface area contributed by atoms with Crippen LogP contribution in [0.15, 0.2) is 89.6 Å². The Morgan fingerprint density at radius 1 is 1.08 bits per heavy atom. The van der Waals surface area contributed by atoms with Gasteiger partial charge < -0.3 is 15.5 Å². The third-order valence-electron chi connectivity index (χ3n) is 5.49. The zero-order valence-corrected chi connectivity index (χ0v) is 19.1. The number of aromatic hydroxyl groups is 1.